The minimum atomic E-state index is -0.0534. The van der Waals surface area contributed by atoms with E-state index in [0.29, 0.717) is 47.8 Å². The molecule has 1 aliphatic carbocycles. The van der Waals surface area contributed by atoms with Gasteiger partial charge in [0, 0.05) is 34.6 Å². The summed E-state index contributed by atoms with van der Waals surface area (Å²) < 4.78 is 5.41. The van der Waals surface area contributed by atoms with Gasteiger partial charge in [-0.15, -0.1) is 0 Å². The van der Waals surface area contributed by atoms with Gasteiger partial charge in [0.25, 0.3) is 5.91 Å². The van der Waals surface area contributed by atoms with Crippen LogP contribution in [0.1, 0.15) is 39.9 Å². The van der Waals surface area contributed by atoms with Crippen molar-refractivity contribution in [2.75, 3.05) is 31.6 Å². The zero-order valence-electron chi connectivity index (χ0n) is 15.9. The third-order valence-corrected chi connectivity index (χ3v) is 6.90. The fraction of sp³-hybridized carbons (Fsp3) is 0.348. The third-order valence-electron chi connectivity index (χ3n) is 6.24. The van der Waals surface area contributed by atoms with E-state index in [2.05, 4.69) is 23.5 Å². The molecule has 150 valence electrons. The monoisotopic (exact) mass is 428 g/mol. The minimum absolute atomic E-state index is 0.0436. The first kappa shape index (κ1) is 19.0. The lowest BCUT2D eigenvalue weighted by molar-refractivity contribution is 0.0303. The number of rotatable bonds is 2. The molecule has 2 aliphatic heterocycles. The van der Waals surface area contributed by atoms with Gasteiger partial charge in [0.1, 0.15) is 0 Å². The molecule has 2 heterocycles. The number of benzene rings is 2. The van der Waals surface area contributed by atoms with Gasteiger partial charge in [-0.2, -0.15) is 0 Å². The molecule has 1 saturated heterocycles. The molecule has 3 aliphatic rings. The Bertz CT molecular complexity index is 965. The Labute approximate surface area is 180 Å². The molecule has 3 unspecified atom stereocenters. The number of ether oxygens (including phenoxy) is 1. The Morgan fingerprint density at radius 3 is 2.55 bits per heavy atom. The molecule has 0 saturated carbocycles. The van der Waals surface area contributed by atoms with Crippen LogP contribution in [0.25, 0.3) is 0 Å². The molecule has 0 spiro atoms. The van der Waals surface area contributed by atoms with Gasteiger partial charge in [-0.25, -0.2) is 0 Å². The number of hydrogen-bond acceptors (Lipinski definition) is 3. The first-order valence-electron chi connectivity index (χ1n) is 10.0. The predicted octanol–water partition coefficient (Wildman–Crippen LogP) is 5.29. The topological polar surface area (TPSA) is 41.6 Å². The Kier molecular flexibility index (Phi) is 5.02. The second-order valence-corrected chi connectivity index (χ2v) is 8.60. The number of para-hydroxylation sites is 1. The number of amides is 1. The van der Waals surface area contributed by atoms with Crippen LogP contribution in [0, 0.1) is 5.92 Å². The molecule has 3 atom stereocenters. The number of nitrogens with one attached hydrogen (secondary N) is 1. The Hall–Kier alpha value is -2.01. The first-order valence-corrected chi connectivity index (χ1v) is 10.8. The smallest absolute Gasteiger partial charge is 0.256 e. The van der Waals surface area contributed by atoms with E-state index >= 15 is 0 Å². The maximum absolute atomic E-state index is 13.3. The van der Waals surface area contributed by atoms with Gasteiger partial charge in [-0.05, 0) is 36.1 Å². The first-order chi connectivity index (χ1) is 14.1. The molecule has 1 fully saturated rings. The summed E-state index contributed by atoms with van der Waals surface area (Å²) >= 11 is 13.1. The summed E-state index contributed by atoms with van der Waals surface area (Å²) in [6, 6.07) is 11.6. The van der Waals surface area contributed by atoms with E-state index in [4.69, 9.17) is 27.9 Å². The molecule has 6 heteroatoms. The molecule has 4 nitrogen and oxygen atoms in total. The second-order valence-electron chi connectivity index (χ2n) is 7.79. The molecule has 0 radical (unpaired) electrons. The minimum Gasteiger partial charge on any atom is -0.378 e. The molecule has 2 aromatic rings. The summed E-state index contributed by atoms with van der Waals surface area (Å²) in [6.45, 7) is 2.40. The van der Waals surface area contributed by atoms with Crippen molar-refractivity contribution in [1.82, 2.24) is 4.90 Å². The van der Waals surface area contributed by atoms with Crippen molar-refractivity contribution in [3.8, 4) is 0 Å². The predicted molar refractivity (Wildman–Crippen MR) is 116 cm³/mol. The molecular weight excluding hydrogens is 407 g/mol. The average Bonchev–Trinajstić information content (AvgIpc) is 3.24. The van der Waals surface area contributed by atoms with Gasteiger partial charge in [0.15, 0.2) is 0 Å². The Morgan fingerprint density at radius 1 is 1.07 bits per heavy atom. The van der Waals surface area contributed by atoms with Crippen LogP contribution < -0.4 is 5.32 Å². The van der Waals surface area contributed by atoms with Crippen molar-refractivity contribution in [2.24, 2.45) is 5.92 Å². The van der Waals surface area contributed by atoms with Crippen molar-refractivity contribution < 1.29 is 9.53 Å². The maximum Gasteiger partial charge on any atom is 0.256 e. The molecule has 2 aromatic carbocycles. The van der Waals surface area contributed by atoms with Gasteiger partial charge in [0.2, 0.25) is 0 Å². The van der Waals surface area contributed by atoms with Crippen molar-refractivity contribution in [1.29, 1.82) is 0 Å². The van der Waals surface area contributed by atoms with E-state index in [1.807, 2.05) is 35.2 Å². The summed E-state index contributed by atoms with van der Waals surface area (Å²) in [5, 5.41) is 4.97. The number of fused-ring (bicyclic) bond motifs is 3. The van der Waals surface area contributed by atoms with Gasteiger partial charge in [-0.3, -0.25) is 4.79 Å². The molecule has 0 aromatic heterocycles. The maximum atomic E-state index is 13.3. The zero-order valence-corrected chi connectivity index (χ0v) is 17.4. The molecule has 5 rings (SSSR count). The summed E-state index contributed by atoms with van der Waals surface area (Å²) in [4.78, 5) is 15.2. The van der Waals surface area contributed by atoms with Crippen LogP contribution in [0.3, 0.4) is 0 Å². The van der Waals surface area contributed by atoms with Crippen molar-refractivity contribution in [2.45, 2.75) is 18.4 Å². The SMILES string of the molecule is O=C(c1cccc2c1NC(c1c(Cl)cccc1Cl)C1CC=CC21)N1CCOCC1. The van der Waals surface area contributed by atoms with Crippen molar-refractivity contribution in [3.05, 3.63) is 75.3 Å². The number of anilines is 1. The Morgan fingerprint density at radius 2 is 1.79 bits per heavy atom. The van der Waals surface area contributed by atoms with E-state index in [1.54, 1.807) is 0 Å². The molecular formula is C23H22Cl2N2O2. The fourth-order valence-corrected chi connectivity index (χ4v) is 5.46. The number of morpholine rings is 1. The largest absolute Gasteiger partial charge is 0.378 e. The number of carbonyl (C=O) groups is 1. The van der Waals surface area contributed by atoms with Crippen molar-refractivity contribution in [3.63, 3.8) is 0 Å². The van der Waals surface area contributed by atoms with Crippen LogP contribution in [-0.4, -0.2) is 37.1 Å². The number of nitrogens with zero attached hydrogens (tertiary/aromatic N) is 1. The van der Waals surface area contributed by atoms with Gasteiger partial charge >= 0.3 is 0 Å². The van der Waals surface area contributed by atoms with Gasteiger partial charge < -0.3 is 15.0 Å². The van der Waals surface area contributed by atoms with Crippen LogP contribution in [0.4, 0.5) is 5.69 Å². The van der Waals surface area contributed by atoms with Crippen LogP contribution in [0.2, 0.25) is 10.0 Å². The van der Waals surface area contributed by atoms with E-state index < -0.39 is 0 Å². The van der Waals surface area contributed by atoms with Crippen LogP contribution >= 0.6 is 23.2 Å². The summed E-state index contributed by atoms with van der Waals surface area (Å²) in [5.74, 6) is 0.594. The summed E-state index contributed by atoms with van der Waals surface area (Å²) in [6.07, 6.45) is 5.43. The van der Waals surface area contributed by atoms with E-state index in [0.717, 1.165) is 17.7 Å². The third kappa shape index (κ3) is 3.24. The fourth-order valence-electron chi connectivity index (χ4n) is 4.83. The van der Waals surface area contributed by atoms with Crippen LogP contribution in [-0.2, 0) is 4.74 Å². The number of halogens is 2. The highest BCUT2D eigenvalue weighted by molar-refractivity contribution is 6.36. The quantitative estimate of drug-likeness (QED) is 0.660. The van der Waals surface area contributed by atoms with E-state index in [-0.39, 0.29) is 17.9 Å². The lowest BCUT2D eigenvalue weighted by atomic mass is 9.76. The molecule has 1 amide bonds. The number of allylic oxidation sites excluding steroid dienone is 2. The highest BCUT2D eigenvalue weighted by Crippen LogP contribution is 2.52. The summed E-state index contributed by atoms with van der Waals surface area (Å²) in [5.41, 5.74) is 3.69. The number of hydrogen-bond donors (Lipinski definition) is 1. The average molecular weight is 429 g/mol. The van der Waals surface area contributed by atoms with Gasteiger partial charge in [-0.1, -0.05) is 53.6 Å². The number of carbonyl (C=O) groups excluding carboxylic acids is 1. The molecule has 29 heavy (non-hydrogen) atoms. The second kappa shape index (κ2) is 7.67. The lowest BCUT2D eigenvalue weighted by Crippen LogP contribution is -2.41. The van der Waals surface area contributed by atoms with E-state index in [1.165, 1.54) is 5.56 Å². The van der Waals surface area contributed by atoms with Crippen LogP contribution in [0.5, 0.6) is 0 Å². The zero-order chi connectivity index (χ0) is 20.0. The van der Waals surface area contributed by atoms with Crippen LogP contribution in [0.15, 0.2) is 48.6 Å². The van der Waals surface area contributed by atoms with Crippen molar-refractivity contribution >= 4 is 34.8 Å². The van der Waals surface area contributed by atoms with E-state index in [9.17, 15) is 4.79 Å². The van der Waals surface area contributed by atoms with Gasteiger partial charge in [0.05, 0.1) is 30.5 Å². The Balaban J connectivity index is 1.59. The normalized spacial score (nSPS) is 25.3. The molecule has 1 N–H and O–H groups in total. The lowest BCUT2D eigenvalue weighted by Gasteiger charge is -2.39. The summed E-state index contributed by atoms with van der Waals surface area (Å²) in [7, 11) is 0. The molecule has 0 bridgehead atoms. The highest BCUT2D eigenvalue weighted by atomic mass is 35.5. The standard InChI is InChI=1S/C23H22Cl2N2O2/c24-18-8-3-9-19(25)20(18)22-16-6-1-4-14(16)15-5-2-7-17(21(15)26-22)23(28)27-10-12-29-13-11-27/h1-5,7-9,14,16,22,26H,6,10-13H2. The highest BCUT2D eigenvalue weighted by Gasteiger charge is 2.41.